The van der Waals surface area contributed by atoms with Gasteiger partial charge >= 0.3 is 12.1 Å². The van der Waals surface area contributed by atoms with Crippen molar-refractivity contribution >= 4 is 18.0 Å². The summed E-state index contributed by atoms with van der Waals surface area (Å²) in [6.07, 6.45) is 1.70. The lowest BCUT2D eigenvalue weighted by Gasteiger charge is -2.23. The molecule has 3 N–H and O–H groups in total. The SMILES string of the molecule is C=CCCC(NC(=O)C[C@@H](NC(=O)OCC1c2ccccc2-c2ccccc21)C(C)C)C(=O)O. The van der Waals surface area contributed by atoms with Gasteiger partial charge in [0.25, 0.3) is 0 Å². The van der Waals surface area contributed by atoms with Crippen molar-refractivity contribution in [1.29, 1.82) is 0 Å². The van der Waals surface area contributed by atoms with Gasteiger partial charge in [-0.05, 0) is 41.0 Å². The van der Waals surface area contributed by atoms with Crippen LogP contribution in [0.2, 0.25) is 0 Å². The molecule has 0 radical (unpaired) electrons. The number of rotatable bonds is 11. The van der Waals surface area contributed by atoms with E-state index in [1.807, 2.05) is 50.2 Å². The number of fused-ring (bicyclic) bond motifs is 3. The van der Waals surface area contributed by atoms with Crippen LogP contribution in [0.3, 0.4) is 0 Å². The molecule has 0 spiro atoms. The van der Waals surface area contributed by atoms with Crippen molar-refractivity contribution in [3.05, 3.63) is 72.3 Å². The summed E-state index contributed by atoms with van der Waals surface area (Å²) in [5.74, 6) is -1.64. The topological polar surface area (TPSA) is 105 Å². The standard InChI is InChI=1S/C27H32N2O5/c1-4-5-14-23(26(31)32)28-25(30)15-24(17(2)3)29-27(33)34-16-22-20-12-8-6-10-18(20)19-11-7-9-13-21(19)22/h4,6-13,17,22-24H,1,5,14-16H2,2-3H3,(H,28,30)(H,29,33)(H,31,32)/t23?,24-/m1/s1. The van der Waals surface area contributed by atoms with Crippen LogP contribution in [0, 0.1) is 5.92 Å². The van der Waals surface area contributed by atoms with Crippen molar-refractivity contribution in [3.63, 3.8) is 0 Å². The minimum atomic E-state index is -1.10. The first kappa shape index (κ1) is 25.0. The Hall–Kier alpha value is -3.61. The molecule has 0 heterocycles. The summed E-state index contributed by atoms with van der Waals surface area (Å²) < 4.78 is 5.59. The number of carboxylic acids is 1. The van der Waals surface area contributed by atoms with E-state index in [9.17, 15) is 19.5 Å². The summed E-state index contributed by atoms with van der Waals surface area (Å²) in [6.45, 7) is 7.53. The maximum atomic E-state index is 12.6. The van der Waals surface area contributed by atoms with E-state index >= 15 is 0 Å². The van der Waals surface area contributed by atoms with E-state index in [0.29, 0.717) is 6.42 Å². The second kappa shape index (κ2) is 11.5. The number of allylic oxidation sites excluding steroid dienone is 1. The average molecular weight is 465 g/mol. The highest BCUT2D eigenvalue weighted by Crippen LogP contribution is 2.44. The Morgan fingerprint density at radius 1 is 1.03 bits per heavy atom. The number of carbonyl (C=O) groups excluding carboxylic acids is 2. The maximum absolute atomic E-state index is 12.6. The zero-order valence-electron chi connectivity index (χ0n) is 19.6. The number of carbonyl (C=O) groups is 3. The molecule has 180 valence electrons. The number of hydrogen-bond acceptors (Lipinski definition) is 4. The van der Waals surface area contributed by atoms with Gasteiger partial charge in [0.1, 0.15) is 12.6 Å². The lowest BCUT2D eigenvalue weighted by Crippen LogP contribution is -2.46. The fraction of sp³-hybridized carbons (Fsp3) is 0.370. The molecule has 0 aromatic heterocycles. The summed E-state index contributed by atoms with van der Waals surface area (Å²) in [5, 5.41) is 14.6. The molecule has 2 aromatic carbocycles. The summed E-state index contributed by atoms with van der Waals surface area (Å²) in [4.78, 5) is 36.5. The van der Waals surface area contributed by atoms with E-state index in [1.54, 1.807) is 6.08 Å². The molecule has 0 aliphatic heterocycles. The Bertz CT molecular complexity index is 1000. The van der Waals surface area contributed by atoms with Crippen LogP contribution in [-0.4, -0.2) is 41.8 Å². The normalized spacial score (nSPS) is 14.0. The Kier molecular flexibility index (Phi) is 8.46. The summed E-state index contributed by atoms with van der Waals surface area (Å²) in [5.41, 5.74) is 4.53. The number of alkyl carbamates (subject to hydrolysis) is 1. The number of ether oxygens (including phenoxy) is 1. The van der Waals surface area contributed by atoms with E-state index in [-0.39, 0.29) is 31.3 Å². The number of amides is 2. The molecule has 3 rings (SSSR count). The molecule has 34 heavy (non-hydrogen) atoms. The van der Waals surface area contributed by atoms with Crippen molar-refractivity contribution in [2.24, 2.45) is 5.92 Å². The molecular formula is C27H32N2O5. The Morgan fingerprint density at radius 2 is 1.62 bits per heavy atom. The molecule has 1 aliphatic rings. The third-order valence-corrected chi connectivity index (χ3v) is 6.15. The first-order chi connectivity index (χ1) is 16.3. The van der Waals surface area contributed by atoms with E-state index in [2.05, 4.69) is 29.3 Å². The number of nitrogens with one attached hydrogen (secondary N) is 2. The van der Waals surface area contributed by atoms with Gasteiger partial charge < -0.3 is 20.5 Å². The Morgan fingerprint density at radius 3 is 2.15 bits per heavy atom. The molecule has 0 bridgehead atoms. The van der Waals surface area contributed by atoms with Crippen LogP contribution in [0.15, 0.2) is 61.2 Å². The van der Waals surface area contributed by atoms with Crippen LogP contribution >= 0.6 is 0 Å². The van der Waals surface area contributed by atoms with Crippen LogP contribution in [-0.2, 0) is 14.3 Å². The first-order valence-corrected chi connectivity index (χ1v) is 11.6. The van der Waals surface area contributed by atoms with Crippen molar-refractivity contribution in [1.82, 2.24) is 10.6 Å². The van der Waals surface area contributed by atoms with Crippen LogP contribution in [0.25, 0.3) is 11.1 Å². The number of hydrogen-bond donors (Lipinski definition) is 3. The average Bonchev–Trinajstić information content (AvgIpc) is 3.13. The molecule has 2 atom stereocenters. The van der Waals surface area contributed by atoms with Gasteiger partial charge in [-0.2, -0.15) is 0 Å². The monoisotopic (exact) mass is 464 g/mol. The van der Waals surface area contributed by atoms with Crippen molar-refractivity contribution in [2.75, 3.05) is 6.61 Å². The van der Waals surface area contributed by atoms with Crippen LogP contribution < -0.4 is 10.6 Å². The molecule has 7 heteroatoms. The smallest absolute Gasteiger partial charge is 0.407 e. The molecule has 0 saturated carbocycles. The second-order valence-corrected chi connectivity index (χ2v) is 8.85. The minimum absolute atomic E-state index is 0.0419. The largest absolute Gasteiger partial charge is 0.480 e. The lowest BCUT2D eigenvalue weighted by molar-refractivity contribution is -0.142. The molecule has 1 unspecified atom stereocenters. The Labute approximate surface area is 200 Å². The van der Waals surface area contributed by atoms with E-state index in [0.717, 1.165) is 22.3 Å². The van der Waals surface area contributed by atoms with Crippen molar-refractivity contribution in [2.45, 2.75) is 51.1 Å². The molecule has 2 aromatic rings. The molecule has 7 nitrogen and oxygen atoms in total. The van der Waals surface area contributed by atoms with Crippen LogP contribution in [0.4, 0.5) is 4.79 Å². The molecule has 0 fully saturated rings. The zero-order chi connectivity index (χ0) is 24.7. The number of benzene rings is 2. The Balaban J connectivity index is 1.59. The zero-order valence-corrected chi connectivity index (χ0v) is 19.6. The van der Waals surface area contributed by atoms with Gasteiger partial charge in [0.05, 0.1) is 0 Å². The highest BCUT2D eigenvalue weighted by Gasteiger charge is 2.30. The number of aliphatic carboxylic acids is 1. The van der Waals surface area contributed by atoms with Crippen molar-refractivity contribution < 1.29 is 24.2 Å². The van der Waals surface area contributed by atoms with Gasteiger partial charge in [0.2, 0.25) is 5.91 Å². The highest BCUT2D eigenvalue weighted by molar-refractivity contribution is 5.84. The highest BCUT2D eigenvalue weighted by atomic mass is 16.5. The van der Waals surface area contributed by atoms with E-state index in [4.69, 9.17) is 4.74 Å². The summed E-state index contributed by atoms with van der Waals surface area (Å²) in [7, 11) is 0. The van der Waals surface area contributed by atoms with Gasteiger partial charge in [-0.3, -0.25) is 4.79 Å². The van der Waals surface area contributed by atoms with E-state index in [1.165, 1.54) is 0 Å². The maximum Gasteiger partial charge on any atom is 0.407 e. The van der Waals surface area contributed by atoms with Gasteiger partial charge in [-0.1, -0.05) is 68.5 Å². The van der Waals surface area contributed by atoms with E-state index < -0.39 is 30.1 Å². The summed E-state index contributed by atoms with van der Waals surface area (Å²) >= 11 is 0. The third kappa shape index (κ3) is 6.04. The van der Waals surface area contributed by atoms with Gasteiger partial charge in [0, 0.05) is 18.4 Å². The van der Waals surface area contributed by atoms with Gasteiger partial charge in [0.15, 0.2) is 0 Å². The van der Waals surface area contributed by atoms with Gasteiger partial charge in [-0.15, -0.1) is 6.58 Å². The fourth-order valence-electron chi connectivity index (χ4n) is 4.24. The first-order valence-electron chi connectivity index (χ1n) is 11.6. The third-order valence-electron chi connectivity index (χ3n) is 6.15. The molecule has 0 saturated heterocycles. The minimum Gasteiger partial charge on any atom is -0.480 e. The van der Waals surface area contributed by atoms with Crippen molar-refractivity contribution in [3.8, 4) is 11.1 Å². The van der Waals surface area contributed by atoms with Crippen LogP contribution in [0.1, 0.15) is 50.2 Å². The molecule has 1 aliphatic carbocycles. The molecular weight excluding hydrogens is 432 g/mol. The van der Waals surface area contributed by atoms with Gasteiger partial charge in [-0.25, -0.2) is 9.59 Å². The number of carboxylic acid groups (broad SMARTS) is 1. The fourth-order valence-corrected chi connectivity index (χ4v) is 4.24. The molecule has 2 amide bonds. The van der Waals surface area contributed by atoms with Crippen LogP contribution in [0.5, 0.6) is 0 Å². The lowest BCUT2D eigenvalue weighted by atomic mass is 9.98. The predicted octanol–water partition coefficient (Wildman–Crippen LogP) is 4.48. The predicted molar refractivity (Wildman–Crippen MR) is 130 cm³/mol. The quantitative estimate of drug-likeness (QED) is 0.426. The summed E-state index contributed by atoms with van der Waals surface area (Å²) in [6, 6.07) is 14.7. The second-order valence-electron chi connectivity index (χ2n) is 8.85.